The van der Waals surface area contributed by atoms with E-state index in [1.807, 2.05) is 32.0 Å². The third kappa shape index (κ3) is 3.62. The lowest BCUT2D eigenvalue weighted by Gasteiger charge is -2.14. The van der Waals surface area contributed by atoms with Crippen LogP contribution in [0.3, 0.4) is 0 Å². The Balaban J connectivity index is 2.42. The van der Waals surface area contributed by atoms with Crippen LogP contribution < -0.4 is 16.6 Å². The largest absolute Gasteiger partial charge is 0.339 e. The average Bonchev–Trinajstić information content (AvgIpc) is 2.46. The van der Waals surface area contributed by atoms with E-state index in [4.69, 9.17) is 17.4 Å². The average molecular weight is 306 g/mol. The van der Waals surface area contributed by atoms with E-state index >= 15 is 0 Å². The fourth-order valence-corrected chi connectivity index (χ4v) is 2.19. The molecule has 0 saturated carbocycles. The molecule has 5 nitrogen and oxygen atoms in total. The number of hydrogen-bond acceptors (Lipinski definition) is 5. The van der Waals surface area contributed by atoms with Crippen molar-refractivity contribution in [3.05, 3.63) is 40.2 Å². The molecule has 0 atom stereocenters. The minimum Gasteiger partial charge on any atom is -0.339 e. The van der Waals surface area contributed by atoms with Crippen molar-refractivity contribution in [2.24, 2.45) is 5.84 Å². The maximum atomic E-state index is 6.23. The number of benzene rings is 1. The van der Waals surface area contributed by atoms with Gasteiger partial charge in [0.15, 0.2) is 0 Å². The van der Waals surface area contributed by atoms with Crippen molar-refractivity contribution in [1.29, 1.82) is 0 Å². The molecule has 0 saturated heterocycles. The van der Waals surface area contributed by atoms with Gasteiger partial charge in [-0.15, -0.1) is 0 Å². The van der Waals surface area contributed by atoms with Crippen LogP contribution in [-0.4, -0.2) is 9.97 Å². The van der Waals surface area contributed by atoms with Gasteiger partial charge in [0.1, 0.15) is 17.5 Å². The molecule has 21 heavy (non-hydrogen) atoms. The van der Waals surface area contributed by atoms with Gasteiger partial charge >= 0.3 is 0 Å². The molecule has 0 radical (unpaired) electrons. The Morgan fingerprint density at radius 2 is 1.90 bits per heavy atom. The first kappa shape index (κ1) is 15.5. The van der Waals surface area contributed by atoms with Gasteiger partial charge in [0.25, 0.3) is 0 Å². The summed E-state index contributed by atoms with van der Waals surface area (Å²) in [5, 5.41) is 3.93. The summed E-state index contributed by atoms with van der Waals surface area (Å²) in [4.78, 5) is 8.96. The molecule has 1 heterocycles. The molecule has 0 spiro atoms. The number of halogens is 1. The molecule has 0 aliphatic rings. The van der Waals surface area contributed by atoms with Gasteiger partial charge in [-0.2, -0.15) is 0 Å². The normalized spacial score (nSPS) is 10.5. The minimum absolute atomic E-state index is 0.625. The number of aryl methyl sites for hydroxylation is 2. The van der Waals surface area contributed by atoms with Gasteiger partial charge in [-0.3, -0.25) is 0 Å². The van der Waals surface area contributed by atoms with Crippen LogP contribution in [0, 0.1) is 13.8 Å². The van der Waals surface area contributed by atoms with Gasteiger partial charge in [-0.1, -0.05) is 24.6 Å². The molecule has 0 bridgehead atoms. The number of rotatable bonds is 5. The molecular formula is C15H20ClN5. The zero-order chi connectivity index (χ0) is 15.4. The molecule has 6 heteroatoms. The maximum Gasteiger partial charge on any atom is 0.148 e. The molecule has 112 valence electrons. The predicted molar refractivity (Wildman–Crippen MR) is 88.0 cm³/mol. The SMILES string of the molecule is CCCc1nc(NN)c(C)c(Nc2cc(C)ccc2Cl)n1. The van der Waals surface area contributed by atoms with Crippen molar-refractivity contribution in [3.8, 4) is 0 Å². The molecule has 2 rings (SSSR count). The van der Waals surface area contributed by atoms with Crippen LogP contribution in [0.4, 0.5) is 17.3 Å². The van der Waals surface area contributed by atoms with Crippen molar-refractivity contribution in [2.45, 2.75) is 33.6 Å². The fourth-order valence-electron chi connectivity index (χ4n) is 2.02. The number of nitrogens with zero attached hydrogens (tertiary/aromatic N) is 2. The third-order valence-corrected chi connectivity index (χ3v) is 3.51. The summed E-state index contributed by atoms with van der Waals surface area (Å²) in [6.07, 6.45) is 1.77. The van der Waals surface area contributed by atoms with Crippen LogP contribution in [0.2, 0.25) is 5.02 Å². The number of nitrogen functional groups attached to an aromatic ring is 1. The second-order valence-electron chi connectivity index (χ2n) is 4.96. The summed E-state index contributed by atoms with van der Waals surface area (Å²) in [6.45, 7) is 6.02. The van der Waals surface area contributed by atoms with Gasteiger partial charge in [0, 0.05) is 12.0 Å². The minimum atomic E-state index is 0.625. The van der Waals surface area contributed by atoms with Crippen molar-refractivity contribution in [3.63, 3.8) is 0 Å². The van der Waals surface area contributed by atoms with E-state index in [1.165, 1.54) is 0 Å². The van der Waals surface area contributed by atoms with Crippen LogP contribution in [0.1, 0.15) is 30.3 Å². The first-order valence-electron chi connectivity index (χ1n) is 6.92. The Hall–Kier alpha value is -1.85. The topological polar surface area (TPSA) is 75.9 Å². The highest BCUT2D eigenvalue weighted by Gasteiger charge is 2.11. The van der Waals surface area contributed by atoms with Crippen molar-refractivity contribution < 1.29 is 0 Å². The van der Waals surface area contributed by atoms with E-state index in [9.17, 15) is 0 Å². The van der Waals surface area contributed by atoms with Gasteiger partial charge in [0.2, 0.25) is 0 Å². The number of hydrogen-bond donors (Lipinski definition) is 3. The second-order valence-corrected chi connectivity index (χ2v) is 5.37. The lowest BCUT2D eigenvalue weighted by Crippen LogP contribution is -2.14. The van der Waals surface area contributed by atoms with Crippen molar-refractivity contribution in [2.75, 3.05) is 10.7 Å². The molecule has 4 N–H and O–H groups in total. The van der Waals surface area contributed by atoms with E-state index in [2.05, 4.69) is 27.6 Å². The highest BCUT2D eigenvalue weighted by Crippen LogP contribution is 2.29. The number of nitrogens with one attached hydrogen (secondary N) is 2. The zero-order valence-corrected chi connectivity index (χ0v) is 13.3. The monoisotopic (exact) mass is 305 g/mol. The lowest BCUT2D eigenvalue weighted by molar-refractivity contribution is 0.833. The van der Waals surface area contributed by atoms with E-state index < -0.39 is 0 Å². The van der Waals surface area contributed by atoms with Crippen LogP contribution >= 0.6 is 11.6 Å². The number of hydrazine groups is 1. The quantitative estimate of drug-likeness (QED) is 0.579. The van der Waals surface area contributed by atoms with Crippen LogP contribution in [-0.2, 0) is 6.42 Å². The predicted octanol–water partition coefficient (Wildman–Crippen LogP) is 3.73. The van der Waals surface area contributed by atoms with Gasteiger partial charge < -0.3 is 10.7 Å². The lowest BCUT2D eigenvalue weighted by atomic mass is 10.2. The summed E-state index contributed by atoms with van der Waals surface area (Å²) in [5.74, 6) is 7.63. The van der Waals surface area contributed by atoms with Gasteiger partial charge in [-0.25, -0.2) is 15.8 Å². The third-order valence-electron chi connectivity index (χ3n) is 3.18. The van der Waals surface area contributed by atoms with E-state index in [-0.39, 0.29) is 0 Å². The molecule has 1 aromatic heterocycles. The van der Waals surface area contributed by atoms with Crippen molar-refractivity contribution >= 4 is 28.9 Å². The summed E-state index contributed by atoms with van der Waals surface area (Å²) in [5.41, 5.74) is 5.43. The highest BCUT2D eigenvalue weighted by atomic mass is 35.5. The Labute approximate surface area is 129 Å². The molecule has 0 fully saturated rings. The molecular weight excluding hydrogens is 286 g/mol. The number of anilines is 3. The van der Waals surface area contributed by atoms with Crippen LogP contribution in [0.5, 0.6) is 0 Å². The first-order valence-corrected chi connectivity index (χ1v) is 7.30. The molecule has 0 aliphatic carbocycles. The fraction of sp³-hybridized carbons (Fsp3) is 0.333. The van der Waals surface area contributed by atoms with E-state index in [0.717, 1.165) is 35.5 Å². The zero-order valence-electron chi connectivity index (χ0n) is 12.5. The second kappa shape index (κ2) is 6.74. The van der Waals surface area contributed by atoms with Gasteiger partial charge in [-0.05, 0) is 38.0 Å². The Kier molecular flexibility index (Phi) is 4.98. The highest BCUT2D eigenvalue weighted by molar-refractivity contribution is 6.33. The summed E-state index contributed by atoms with van der Waals surface area (Å²) in [6, 6.07) is 5.82. The van der Waals surface area contributed by atoms with E-state index in [0.29, 0.717) is 16.7 Å². The number of aromatic nitrogens is 2. The Morgan fingerprint density at radius 1 is 1.19 bits per heavy atom. The standard InChI is InChI=1S/C15H20ClN5/c1-4-5-13-19-14(10(3)15(20-13)21-17)18-12-8-9(2)6-7-11(12)16/h6-8H,4-5,17H2,1-3H3,(H2,18,19,20,21). The summed E-state index contributed by atoms with van der Waals surface area (Å²) < 4.78 is 0. The molecule has 0 unspecified atom stereocenters. The van der Waals surface area contributed by atoms with Gasteiger partial charge in [0.05, 0.1) is 10.7 Å². The smallest absolute Gasteiger partial charge is 0.148 e. The Morgan fingerprint density at radius 3 is 2.57 bits per heavy atom. The van der Waals surface area contributed by atoms with Crippen LogP contribution in [0.15, 0.2) is 18.2 Å². The summed E-state index contributed by atoms with van der Waals surface area (Å²) in [7, 11) is 0. The van der Waals surface area contributed by atoms with Crippen molar-refractivity contribution in [1.82, 2.24) is 9.97 Å². The van der Waals surface area contributed by atoms with Crippen LogP contribution in [0.25, 0.3) is 0 Å². The molecule has 1 aromatic carbocycles. The molecule has 0 aliphatic heterocycles. The number of nitrogens with two attached hydrogens (primary N) is 1. The first-order chi connectivity index (χ1) is 10.0. The molecule has 2 aromatic rings. The molecule has 0 amide bonds. The summed E-state index contributed by atoms with van der Waals surface area (Å²) >= 11 is 6.23. The maximum absolute atomic E-state index is 6.23. The Bertz CT molecular complexity index is 642. The van der Waals surface area contributed by atoms with E-state index in [1.54, 1.807) is 0 Å².